The number of aliphatic hydroxyl groups is 1. The van der Waals surface area contributed by atoms with Crippen molar-refractivity contribution in [2.24, 2.45) is 0 Å². The summed E-state index contributed by atoms with van der Waals surface area (Å²) in [6, 6.07) is 16.0. The average molecular weight is 532 g/mol. The summed E-state index contributed by atoms with van der Waals surface area (Å²) in [4.78, 5) is 12.1. The summed E-state index contributed by atoms with van der Waals surface area (Å²) in [5, 5.41) is 24.3. The number of phenolic OH excluding ortho intramolecular Hbond substituents is 1. The lowest BCUT2D eigenvalue weighted by molar-refractivity contribution is 0.0522. The number of halogens is 1. The number of aliphatic hydroxyl groups excluding tert-OH is 1. The smallest absolute Gasteiger partial charge is 0.341 e. The minimum atomic E-state index is -3.94. The molecule has 0 bridgehead atoms. The maximum Gasteiger partial charge on any atom is 0.341 e. The van der Waals surface area contributed by atoms with E-state index in [1.807, 2.05) is 13.0 Å². The number of esters is 1. The number of hydrogen-bond acceptors (Lipinski definition) is 7. The van der Waals surface area contributed by atoms with Crippen molar-refractivity contribution in [1.82, 2.24) is 5.32 Å². The van der Waals surface area contributed by atoms with Crippen molar-refractivity contribution in [1.29, 1.82) is 0 Å². The second-order valence-corrected chi connectivity index (χ2v) is 10.9. The van der Waals surface area contributed by atoms with Crippen LogP contribution in [0, 0.1) is 6.92 Å². The highest BCUT2D eigenvalue weighted by Gasteiger charge is 2.24. The predicted octanol–water partition coefficient (Wildman–Crippen LogP) is 4.62. The second kappa shape index (κ2) is 11.9. The van der Waals surface area contributed by atoms with Gasteiger partial charge in [0.25, 0.3) is 0 Å². The normalized spacial score (nSPS) is 13.2. The van der Waals surface area contributed by atoms with Crippen LogP contribution in [-0.2, 0) is 21.0 Å². The molecule has 9 heteroatoms. The van der Waals surface area contributed by atoms with Gasteiger partial charge in [-0.05, 0) is 80.3 Å². The minimum Gasteiger partial charge on any atom is -0.507 e. The molecule has 3 aromatic rings. The van der Waals surface area contributed by atoms with Crippen molar-refractivity contribution in [3.05, 3.63) is 87.9 Å². The highest BCUT2D eigenvalue weighted by Crippen LogP contribution is 2.30. The molecule has 2 atom stereocenters. The molecule has 0 unspecified atom stereocenters. The van der Waals surface area contributed by atoms with Crippen LogP contribution in [0.2, 0.25) is 5.02 Å². The molecular formula is C27H30ClNO6S. The Kier molecular flexibility index (Phi) is 9.13. The molecule has 0 amide bonds. The Morgan fingerprint density at radius 1 is 1.11 bits per heavy atom. The number of phenols is 1. The number of nitrogens with one attached hydrogen (secondary N) is 1. The van der Waals surface area contributed by atoms with E-state index in [9.17, 15) is 23.4 Å². The van der Waals surface area contributed by atoms with Crippen LogP contribution in [0.3, 0.4) is 0 Å². The van der Waals surface area contributed by atoms with Gasteiger partial charge in [0.15, 0.2) is 0 Å². The summed E-state index contributed by atoms with van der Waals surface area (Å²) in [5.74, 6) is -1.12. The van der Waals surface area contributed by atoms with Crippen molar-refractivity contribution in [3.63, 3.8) is 0 Å². The third kappa shape index (κ3) is 6.64. The lowest BCUT2D eigenvalue weighted by Gasteiger charge is -2.18. The van der Waals surface area contributed by atoms with Gasteiger partial charge in [-0.25, -0.2) is 13.2 Å². The third-order valence-corrected chi connectivity index (χ3v) is 7.89. The summed E-state index contributed by atoms with van der Waals surface area (Å²) >= 11 is 5.99. The largest absolute Gasteiger partial charge is 0.507 e. The van der Waals surface area contributed by atoms with E-state index in [1.165, 1.54) is 18.2 Å². The van der Waals surface area contributed by atoms with Crippen LogP contribution in [0.5, 0.6) is 5.75 Å². The first-order valence-corrected chi connectivity index (χ1v) is 13.4. The molecule has 36 heavy (non-hydrogen) atoms. The highest BCUT2D eigenvalue weighted by atomic mass is 35.5. The Morgan fingerprint density at radius 3 is 2.44 bits per heavy atom. The molecule has 192 valence electrons. The van der Waals surface area contributed by atoms with Crippen molar-refractivity contribution >= 4 is 27.4 Å². The quantitative estimate of drug-likeness (QED) is 0.327. The van der Waals surface area contributed by atoms with Gasteiger partial charge in [-0.2, -0.15) is 0 Å². The molecule has 7 nitrogen and oxygen atoms in total. The molecule has 0 saturated carbocycles. The molecule has 0 spiro atoms. The lowest BCUT2D eigenvalue weighted by Crippen LogP contribution is -2.32. The average Bonchev–Trinajstić information content (AvgIpc) is 2.83. The highest BCUT2D eigenvalue weighted by molar-refractivity contribution is 7.91. The number of rotatable bonds is 10. The first-order valence-electron chi connectivity index (χ1n) is 11.5. The zero-order valence-corrected chi connectivity index (χ0v) is 21.9. The van der Waals surface area contributed by atoms with E-state index in [4.69, 9.17) is 16.3 Å². The monoisotopic (exact) mass is 531 g/mol. The zero-order valence-electron chi connectivity index (χ0n) is 20.4. The van der Waals surface area contributed by atoms with Crippen LogP contribution in [0.15, 0.2) is 70.5 Å². The molecule has 0 aliphatic rings. The summed E-state index contributed by atoms with van der Waals surface area (Å²) in [6.07, 6.45) is -0.0832. The number of aryl methyl sites for hydroxylation is 1. The number of carbonyl (C=O) groups is 1. The molecule has 0 fully saturated rings. The van der Waals surface area contributed by atoms with Gasteiger partial charge in [0, 0.05) is 17.6 Å². The zero-order chi connectivity index (χ0) is 26.5. The molecule has 0 aromatic heterocycles. The SMILES string of the molecule is CCOC(=O)c1cc(S(=O)(=O)c2ccc(C[C@@H](C)NC[C@H](O)c3cccc(Cl)c3)cc2)c(C)cc1O. The van der Waals surface area contributed by atoms with Crippen LogP contribution in [-0.4, -0.2) is 43.8 Å². The van der Waals surface area contributed by atoms with Crippen molar-refractivity contribution < 1.29 is 28.2 Å². The minimum absolute atomic E-state index is 0.0211. The molecule has 0 aliphatic carbocycles. The van der Waals surface area contributed by atoms with E-state index < -0.39 is 21.9 Å². The Hall–Kier alpha value is -2.91. The Balaban J connectivity index is 1.70. The Labute approximate surface area is 216 Å². The van der Waals surface area contributed by atoms with Crippen molar-refractivity contribution in [2.75, 3.05) is 13.2 Å². The predicted molar refractivity (Wildman–Crippen MR) is 138 cm³/mol. The summed E-state index contributed by atoms with van der Waals surface area (Å²) in [6.45, 7) is 5.60. The van der Waals surface area contributed by atoms with Gasteiger partial charge in [-0.15, -0.1) is 0 Å². The van der Waals surface area contributed by atoms with Crippen LogP contribution in [0.25, 0.3) is 0 Å². The van der Waals surface area contributed by atoms with Gasteiger partial charge in [-0.1, -0.05) is 35.9 Å². The summed E-state index contributed by atoms with van der Waals surface area (Å²) in [7, 11) is -3.94. The fourth-order valence-corrected chi connectivity index (χ4v) is 5.54. The van der Waals surface area contributed by atoms with Crippen LogP contribution in [0.4, 0.5) is 0 Å². The van der Waals surface area contributed by atoms with Gasteiger partial charge >= 0.3 is 5.97 Å². The van der Waals surface area contributed by atoms with Gasteiger partial charge in [0.05, 0.1) is 22.5 Å². The van der Waals surface area contributed by atoms with E-state index >= 15 is 0 Å². The van der Waals surface area contributed by atoms with Crippen LogP contribution >= 0.6 is 11.6 Å². The van der Waals surface area contributed by atoms with Crippen molar-refractivity contribution in [3.8, 4) is 5.75 Å². The first-order chi connectivity index (χ1) is 17.0. The molecule has 3 aromatic carbocycles. The van der Waals surface area contributed by atoms with Gasteiger partial charge in [-0.3, -0.25) is 0 Å². The number of benzene rings is 3. The Bertz CT molecular complexity index is 1320. The molecule has 3 N–H and O–H groups in total. The topological polar surface area (TPSA) is 113 Å². The lowest BCUT2D eigenvalue weighted by atomic mass is 10.1. The van der Waals surface area contributed by atoms with E-state index in [0.717, 1.165) is 17.2 Å². The van der Waals surface area contributed by atoms with Gasteiger partial charge < -0.3 is 20.3 Å². The molecule has 3 rings (SSSR count). The van der Waals surface area contributed by atoms with E-state index in [2.05, 4.69) is 5.32 Å². The third-order valence-electron chi connectivity index (χ3n) is 5.75. The van der Waals surface area contributed by atoms with Crippen molar-refractivity contribution in [2.45, 2.75) is 49.1 Å². The fraction of sp³-hybridized carbons (Fsp3) is 0.296. The maximum absolute atomic E-state index is 13.3. The maximum atomic E-state index is 13.3. The number of aromatic hydroxyl groups is 1. The standard InChI is InChI=1S/C27H30ClNO6S/c1-4-35-27(32)23-15-26(17(2)12-24(23)30)36(33,34)22-10-8-19(9-11-22)13-18(3)29-16-25(31)20-6-5-7-21(28)14-20/h5-12,14-15,18,25,29-31H,4,13,16H2,1-3H3/t18-,25+/m1/s1. The second-order valence-electron chi connectivity index (χ2n) is 8.59. The number of hydrogen-bond donors (Lipinski definition) is 3. The van der Waals surface area contributed by atoms with E-state index in [1.54, 1.807) is 44.2 Å². The van der Waals surface area contributed by atoms with Crippen LogP contribution < -0.4 is 5.32 Å². The molecular weight excluding hydrogens is 502 g/mol. The van der Waals surface area contributed by atoms with Gasteiger partial charge in [0.1, 0.15) is 11.3 Å². The molecule has 0 heterocycles. The number of sulfone groups is 1. The van der Waals surface area contributed by atoms with E-state index in [-0.39, 0.29) is 33.8 Å². The number of ether oxygens (including phenoxy) is 1. The molecule has 0 radical (unpaired) electrons. The summed E-state index contributed by atoms with van der Waals surface area (Å²) in [5.41, 5.74) is 1.77. The Morgan fingerprint density at radius 2 is 1.81 bits per heavy atom. The van der Waals surface area contributed by atoms with Gasteiger partial charge in [0.2, 0.25) is 9.84 Å². The summed E-state index contributed by atoms with van der Waals surface area (Å²) < 4.78 is 31.5. The van der Waals surface area contributed by atoms with Crippen LogP contribution in [0.1, 0.15) is 47.0 Å². The fourth-order valence-electron chi connectivity index (χ4n) is 3.84. The first kappa shape index (κ1) is 27.7. The van der Waals surface area contributed by atoms with E-state index in [0.29, 0.717) is 23.6 Å². The molecule has 0 aliphatic heterocycles. The number of carbonyl (C=O) groups excluding carboxylic acids is 1. The molecule has 0 saturated heterocycles.